The van der Waals surface area contributed by atoms with Gasteiger partial charge < -0.3 is 5.73 Å². The highest BCUT2D eigenvalue weighted by Gasteiger charge is 2.19. The first-order valence-corrected chi connectivity index (χ1v) is 7.39. The van der Waals surface area contributed by atoms with Gasteiger partial charge in [-0.3, -0.25) is 8.89 Å². The number of aromatic nitrogens is 2. The summed E-state index contributed by atoms with van der Waals surface area (Å²) in [5.41, 5.74) is 6.81. The summed E-state index contributed by atoms with van der Waals surface area (Å²) >= 11 is 0. The molecule has 0 spiro atoms. The van der Waals surface area contributed by atoms with Crippen LogP contribution in [0, 0.1) is 11.6 Å². The van der Waals surface area contributed by atoms with Gasteiger partial charge in [0.1, 0.15) is 16.5 Å². The average molecular weight is 299 g/mol. The molecule has 2 rings (SSSR count). The van der Waals surface area contributed by atoms with Crippen molar-refractivity contribution in [2.75, 3.05) is 5.73 Å². The first-order chi connectivity index (χ1) is 9.42. The summed E-state index contributed by atoms with van der Waals surface area (Å²) < 4.78 is 41.1. The molecule has 4 nitrogen and oxygen atoms in total. The molecule has 20 heavy (non-hydrogen) atoms. The van der Waals surface area contributed by atoms with Crippen molar-refractivity contribution in [2.24, 2.45) is 7.05 Å². The predicted molar refractivity (Wildman–Crippen MR) is 73.5 cm³/mol. The van der Waals surface area contributed by atoms with Gasteiger partial charge in [0.05, 0.1) is 27.9 Å². The molecule has 7 heteroatoms. The molecule has 1 heterocycles. The molecule has 0 aliphatic carbocycles. The molecule has 1 aromatic heterocycles. The molecule has 2 N–H and O–H groups in total. The first kappa shape index (κ1) is 14.6. The zero-order chi connectivity index (χ0) is 14.9. The normalized spacial score (nSPS) is 12.6. The van der Waals surface area contributed by atoms with E-state index in [1.54, 1.807) is 17.8 Å². The second-order valence-electron chi connectivity index (χ2n) is 4.41. The van der Waals surface area contributed by atoms with Crippen LogP contribution in [0.1, 0.15) is 18.3 Å². The van der Waals surface area contributed by atoms with E-state index in [-0.39, 0.29) is 11.4 Å². The maximum absolute atomic E-state index is 13.7. The van der Waals surface area contributed by atoms with Crippen LogP contribution in [0.15, 0.2) is 23.1 Å². The lowest BCUT2D eigenvalue weighted by atomic mass is 10.3. The number of benzene rings is 1. The lowest BCUT2D eigenvalue weighted by Crippen LogP contribution is -2.07. The lowest BCUT2D eigenvalue weighted by Gasteiger charge is -2.06. The Morgan fingerprint density at radius 2 is 1.90 bits per heavy atom. The molecule has 0 radical (unpaired) electrons. The van der Waals surface area contributed by atoms with E-state index in [2.05, 4.69) is 5.10 Å². The third kappa shape index (κ3) is 2.87. The van der Waals surface area contributed by atoms with E-state index in [9.17, 15) is 13.0 Å². The van der Waals surface area contributed by atoms with Crippen molar-refractivity contribution < 1.29 is 13.0 Å². The van der Waals surface area contributed by atoms with Crippen molar-refractivity contribution >= 4 is 16.5 Å². The number of halogens is 2. The van der Waals surface area contributed by atoms with Crippen LogP contribution in [0.3, 0.4) is 0 Å². The lowest BCUT2D eigenvalue weighted by molar-refractivity contribution is 0.535. The number of nitrogens with two attached hydrogens (primary N) is 1. The van der Waals surface area contributed by atoms with Crippen LogP contribution in [0.4, 0.5) is 14.5 Å². The molecular weight excluding hydrogens is 284 g/mol. The molecule has 1 aromatic carbocycles. The highest BCUT2D eigenvalue weighted by Crippen LogP contribution is 2.22. The number of hydrogen-bond donors (Lipinski definition) is 1. The van der Waals surface area contributed by atoms with Crippen molar-refractivity contribution in [2.45, 2.75) is 24.0 Å². The largest absolute Gasteiger partial charge is 0.399 e. The number of nitrogen functional groups attached to an aromatic ring is 1. The van der Waals surface area contributed by atoms with E-state index in [0.717, 1.165) is 24.2 Å². The number of aryl methyl sites for hydroxylation is 2. The van der Waals surface area contributed by atoms with E-state index < -0.39 is 27.3 Å². The summed E-state index contributed by atoms with van der Waals surface area (Å²) in [6, 6.07) is 3.72. The SMILES string of the molecule is CCc1cc(CS(=O)c2c(F)cc(N)cc2F)n(C)n1. The van der Waals surface area contributed by atoms with Crippen LogP contribution in [0.2, 0.25) is 0 Å². The number of rotatable bonds is 4. The van der Waals surface area contributed by atoms with Gasteiger partial charge in [-0.25, -0.2) is 8.78 Å². The van der Waals surface area contributed by atoms with Crippen LogP contribution in [-0.4, -0.2) is 14.0 Å². The average Bonchev–Trinajstić information content (AvgIpc) is 2.68. The second-order valence-corrected chi connectivity index (χ2v) is 5.80. The smallest absolute Gasteiger partial charge is 0.144 e. The second kappa shape index (κ2) is 5.70. The third-order valence-corrected chi connectivity index (χ3v) is 4.32. The highest BCUT2D eigenvalue weighted by molar-refractivity contribution is 7.84. The van der Waals surface area contributed by atoms with Gasteiger partial charge in [0.2, 0.25) is 0 Å². The highest BCUT2D eigenvalue weighted by atomic mass is 32.2. The molecule has 0 amide bonds. The van der Waals surface area contributed by atoms with E-state index in [0.29, 0.717) is 5.69 Å². The van der Waals surface area contributed by atoms with Crippen LogP contribution in [-0.2, 0) is 30.0 Å². The van der Waals surface area contributed by atoms with Gasteiger partial charge in [-0.2, -0.15) is 5.10 Å². The fraction of sp³-hybridized carbons (Fsp3) is 0.308. The molecule has 0 saturated carbocycles. The summed E-state index contributed by atoms with van der Waals surface area (Å²) in [6.45, 7) is 1.95. The molecule has 2 aromatic rings. The maximum Gasteiger partial charge on any atom is 0.144 e. The monoisotopic (exact) mass is 299 g/mol. The Bertz CT molecular complexity index is 647. The van der Waals surface area contributed by atoms with E-state index in [1.165, 1.54) is 0 Å². The molecule has 1 unspecified atom stereocenters. The Morgan fingerprint density at radius 3 is 2.40 bits per heavy atom. The summed E-state index contributed by atoms with van der Waals surface area (Å²) in [5, 5.41) is 4.21. The molecule has 0 saturated heterocycles. The molecule has 0 bridgehead atoms. The van der Waals surface area contributed by atoms with Crippen LogP contribution in [0.25, 0.3) is 0 Å². The summed E-state index contributed by atoms with van der Waals surface area (Å²) in [7, 11) is -0.121. The minimum Gasteiger partial charge on any atom is -0.399 e. The Kier molecular flexibility index (Phi) is 4.17. The number of hydrogen-bond acceptors (Lipinski definition) is 3. The zero-order valence-corrected chi connectivity index (χ0v) is 12.0. The molecule has 108 valence electrons. The molecular formula is C13H15F2N3OS. The number of anilines is 1. The van der Waals surface area contributed by atoms with Crippen molar-refractivity contribution in [1.82, 2.24) is 9.78 Å². The van der Waals surface area contributed by atoms with E-state index in [1.807, 2.05) is 6.92 Å². The minimum atomic E-state index is -1.83. The van der Waals surface area contributed by atoms with Gasteiger partial charge >= 0.3 is 0 Å². The Morgan fingerprint density at radius 1 is 1.30 bits per heavy atom. The predicted octanol–water partition coefficient (Wildman–Crippen LogP) is 2.15. The fourth-order valence-corrected chi connectivity index (χ4v) is 3.12. The van der Waals surface area contributed by atoms with Crippen molar-refractivity contribution in [1.29, 1.82) is 0 Å². The number of nitrogens with zero attached hydrogens (tertiary/aromatic N) is 2. The van der Waals surface area contributed by atoms with Crippen LogP contribution >= 0.6 is 0 Å². The quantitative estimate of drug-likeness (QED) is 0.880. The van der Waals surface area contributed by atoms with Gasteiger partial charge in [-0.1, -0.05) is 6.92 Å². The molecule has 0 aliphatic heterocycles. The maximum atomic E-state index is 13.7. The van der Waals surface area contributed by atoms with Crippen LogP contribution < -0.4 is 5.73 Å². The molecule has 0 fully saturated rings. The zero-order valence-electron chi connectivity index (χ0n) is 11.2. The fourth-order valence-electron chi connectivity index (χ4n) is 1.88. The topological polar surface area (TPSA) is 60.9 Å². The molecule has 0 aliphatic rings. The van der Waals surface area contributed by atoms with Crippen molar-refractivity contribution in [3.63, 3.8) is 0 Å². The van der Waals surface area contributed by atoms with E-state index >= 15 is 0 Å². The summed E-state index contributed by atoms with van der Waals surface area (Å²) in [5.74, 6) is -1.78. The minimum absolute atomic E-state index is 0.00125. The Labute approximate surface area is 118 Å². The van der Waals surface area contributed by atoms with Crippen LogP contribution in [0.5, 0.6) is 0 Å². The van der Waals surface area contributed by atoms with E-state index in [4.69, 9.17) is 5.73 Å². The van der Waals surface area contributed by atoms with Gasteiger partial charge in [-0.05, 0) is 24.6 Å². The third-order valence-electron chi connectivity index (χ3n) is 2.92. The Hall–Kier alpha value is -1.76. The van der Waals surface area contributed by atoms with Crippen molar-refractivity contribution in [3.05, 3.63) is 41.2 Å². The summed E-state index contributed by atoms with van der Waals surface area (Å²) in [6.07, 6.45) is 0.741. The molecule has 1 atom stereocenters. The standard InChI is InChI=1S/C13H15F2N3OS/c1-3-9-6-10(18(2)17-9)7-20(19)13-11(14)4-8(16)5-12(13)15/h4-6H,3,7,16H2,1-2H3. The van der Waals surface area contributed by atoms with Gasteiger partial charge in [-0.15, -0.1) is 0 Å². The van der Waals surface area contributed by atoms with Crippen molar-refractivity contribution in [3.8, 4) is 0 Å². The van der Waals surface area contributed by atoms with Gasteiger partial charge in [0.15, 0.2) is 0 Å². The first-order valence-electron chi connectivity index (χ1n) is 6.07. The Balaban J connectivity index is 2.30. The summed E-state index contributed by atoms with van der Waals surface area (Å²) in [4.78, 5) is -0.446. The van der Waals surface area contributed by atoms with Gasteiger partial charge in [0.25, 0.3) is 0 Å². The van der Waals surface area contributed by atoms with Gasteiger partial charge in [0, 0.05) is 12.7 Å².